The number of fused-ring (bicyclic) bond motifs is 1. The maximum atomic E-state index is 12.3. The average molecular weight is 380 g/mol. The first-order valence-corrected chi connectivity index (χ1v) is 9.26. The van der Waals surface area contributed by atoms with Crippen LogP contribution in [0, 0.1) is 0 Å². The molecule has 6 nitrogen and oxygen atoms in total. The monoisotopic (exact) mass is 380 g/mol. The highest BCUT2D eigenvalue weighted by molar-refractivity contribution is 8.00. The van der Waals surface area contributed by atoms with E-state index in [0.717, 1.165) is 10.5 Å². The van der Waals surface area contributed by atoms with Gasteiger partial charge in [-0.05, 0) is 37.3 Å². The third-order valence-corrected chi connectivity index (χ3v) is 5.25. The predicted octanol–water partition coefficient (Wildman–Crippen LogP) is 4.13. The zero-order chi connectivity index (χ0) is 18.8. The van der Waals surface area contributed by atoms with Crippen molar-refractivity contribution < 1.29 is 18.7 Å². The van der Waals surface area contributed by atoms with Crippen LogP contribution in [-0.2, 0) is 16.1 Å². The summed E-state index contributed by atoms with van der Waals surface area (Å²) in [4.78, 5) is 29.4. The molecule has 1 aliphatic rings. The van der Waals surface area contributed by atoms with Gasteiger partial charge in [-0.15, -0.1) is 11.8 Å². The van der Waals surface area contributed by atoms with E-state index in [-0.39, 0.29) is 17.8 Å². The Labute approximate surface area is 159 Å². The number of carbonyl (C=O) groups excluding carboxylic acids is 2. The van der Waals surface area contributed by atoms with E-state index >= 15 is 0 Å². The van der Waals surface area contributed by atoms with Gasteiger partial charge in [0, 0.05) is 10.5 Å². The fourth-order valence-electron chi connectivity index (χ4n) is 2.65. The van der Waals surface area contributed by atoms with E-state index in [0.29, 0.717) is 22.8 Å². The summed E-state index contributed by atoms with van der Waals surface area (Å²) in [5, 5.41) is 2.65. The second kappa shape index (κ2) is 7.28. The molecular formula is C20H16N2O4S. The first kappa shape index (κ1) is 17.4. The number of benzene rings is 2. The largest absolute Gasteiger partial charge is 0.455 e. The average Bonchev–Trinajstić information content (AvgIpc) is 3.16. The maximum absolute atomic E-state index is 12.3. The summed E-state index contributed by atoms with van der Waals surface area (Å²) in [5.41, 5.74) is 2.38. The van der Waals surface area contributed by atoms with E-state index in [1.807, 2.05) is 43.3 Å². The molecule has 1 atom stereocenters. The molecule has 2 aromatic carbocycles. The second-order valence-electron chi connectivity index (χ2n) is 6.05. The Bertz CT molecular complexity index is 1000. The van der Waals surface area contributed by atoms with Crippen LogP contribution in [0.5, 0.6) is 0 Å². The van der Waals surface area contributed by atoms with Gasteiger partial charge in [-0.2, -0.15) is 0 Å². The number of thioether (sulfide) groups is 1. The van der Waals surface area contributed by atoms with Crippen molar-refractivity contribution in [2.45, 2.75) is 23.7 Å². The number of esters is 1. The molecule has 1 aliphatic heterocycles. The number of anilines is 1. The fourth-order valence-corrected chi connectivity index (χ4v) is 3.58. The van der Waals surface area contributed by atoms with E-state index in [1.165, 1.54) is 18.0 Å². The molecule has 4 rings (SSSR count). The van der Waals surface area contributed by atoms with Crippen LogP contribution in [0.3, 0.4) is 0 Å². The Hall–Kier alpha value is -3.06. The third-order valence-electron chi connectivity index (χ3n) is 4.07. The Balaban J connectivity index is 1.42. The zero-order valence-corrected chi connectivity index (χ0v) is 15.3. The Morgan fingerprint density at radius 2 is 2.07 bits per heavy atom. The highest BCUT2D eigenvalue weighted by Gasteiger charge is 2.24. The summed E-state index contributed by atoms with van der Waals surface area (Å²) < 4.78 is 10.8. The van der Waals surface area contributed by atoms with Gasteiger partial charge < -0.3 is 14.5 Å². The quantitative estimate of drug-likeness (QED) is 0.686. The minimum Gasteiger partial charge on any atom is -0.455 e. The molecule has 136 valence electrons. The van der Waals surface area contributed by atoms with Crippen LogP contribution in [0.15, 0.2) is 64.1 Å². The van der Waals surface area contributed by atoms with Gasteiger partial charge in [0.2, 0.25) is 11.8 Å². The molecular weight excluding hydrogens is 364 g/mol. The summed E-state index contributed by atoms with van der Waals surface area (Å²) in [6, 6.07) is 14.6. The van der Waals surface area contributed by atoms with Gasteiger partial charge in [0.15, 0.2) is 0 Å². The molecule has 1 N–H and O–H groups in total. The van der Waals surface area contributed by atoms with Gasteiger partial charge in [0.1, 0.15) is 18.6 Å². The summed E-state index contributed by atoms with van der Waals surface area (Å²) in [6.45, 7) is 1.84. The van der Waals surface area contributed by atoms with Gasteiger partial charge in [0.05, 0.1) is 16.5 Å². The van der Waals surface area contributed by atoms with Gasteiger partial charge in [0.25, 0.3) is 0 Å². The molecule has 3 aromatic rings. The number of ether oxygens (including phenoxy) is 1. The molecule has 0 bridgehead atoms. The van der Waals surface area contributed by atoms with E-state index < -0.39 is 5.97 Å². The Kier molecular flexibility index (Phi) is 4.68. The first-order chi connectivity index (χ1) is 13.1. The molecule has 1 aromatic heterocycles. The standard InChI is InChI=1S/C20H16N2O4S/c1-12-18(23)22-16-9-14(7-8-17(16)27-12)20(24)26-11-15-10-25-19(21-15)13-5-3-2-4-6-13/h2-10,12H,11H2,1H3,(H,22,23). The number of rotatable bonds is 4. The second-order valence-corrected chi connectivity index (χ2v) is 7.43. The highest BCUT2D eigenvalue weighted by atomic mass is 32.2. The van der Waals surface area contributed by atoms with Gasteiger partial charge in [-0.3, -0.25) is 4.79 Å². The van der Waals surface area contributed by atoms with Crippen LogP contribution in [0.2, 0.25) is 0 Å². The van der Waals surface area contributed by atoms with Crippen molar-refractivity contribution >= 4 is 29.3 Å². The van der Waals surface area contributed by atoms with Crippen LogP contribution in [0.4, 0.5) is 5.69 Å². The van der Waals surface area contributed by atoms with Gasteiger partial charge in [-0.1, -0.05) is 18.2 Å². The number of amides is 1. The zero-order valence-electron chi connectivity index (χ0n) is 14.5. The first-order valence-electron chi connectivity index (χ1n) is 8.38. The normalized spacial score (nSPS) is 15.7. The number of hydrogen-bond donors (Lipinski definition) is 1. The van der Waals surface area contributed by atoms with Crippen molar-refractivity contribution in [2.24, 2.45) is 0 Å². The summed E-state index contributed by atoms with van der Waals surface area (Å²) in [5.74, 6) is -0.0849. The Morgan fingerprint density at radius 3 is 2.89 bits per heavy atom. The van der Waals surface area contributed by atoms with Crippen LogP contribution < -0.4 is 5.32 Å². The lowest BCUT2D eigenvalue weighted by Crippen LogP contribution is -2.26. The number of nitrogens with zero attached hydrogens (tertiary/aromatic N) is 1. The number of carbonyl (C=O) groups is 2. The molecule has 2 heterocycles. The molecule has 0 saturated carbocycles. The van der Waals surface area contributed by atoms with Crippen molar-refractivity contribution in [1.82, 2.24) is 4.98 Å². The summed E-state index contributed by atoms with van der Waals surface area (Å²) >= 11 is 1.46. The topological polar surface area (TPSA) is 81.4 Å². The minimum atomic E-state index is -0.486. The lowest BCUT2D eigenvalue weighted by molar-refractivity contribution is -0.115. The molecule has 0 saturated heterocycles. The van der Waals surface area contributed by atoms with E-state index in [9.17, 15) is 9.59 Å². The maximum Gasteiger partial charge on any atom is 0.338 e. The number of hydrogen-bond acceptors (Lipinski definition) is 6. The Morgan fingerprint density at radius 1 is 1.26 bits per heavy atom. The molecule has 7 heteroatoms. The van der Waals surface area contributed by atoms with Crippen molar-refractivity contribution in [3.63, 3.8) is 0 Å². The molecule has 1 amide bonds. The lowest BCUT2D eigenvalue weighted by atomic mass is 10.2. The molecule has 1 unspecified atom stereocenters. The third kappa shape index (κ3) is 3.73. The molecule has 0 aliphatic carbocycles. The number of nitrogens with one attached hydrogen (secondary N) is 1. The molecule has 0 radical (unpaired) electrons. The summed E-state index contributed by atoms with van der Waals surface area (Å²) in [7, 11) is 0. The van der Waals surface area contributed by atoms with E-state index in [4.69, 9.17) is 9.15 Å². The van der Waals surface area contributed by atoms with Crippen LogP contribution in [0.25, 0.3) is 11.5 Å². The lowest BCUT2D eigenvalue weighted by Gasteiger charge is -2.21. The molecule has 0 fully saturated rings. The predicted molar refractivity (Wildman–Crippen MR) is 101 cm³/mol. The van der Waals surface area contributed by atoms with Crippen molar-refractivity contribution in [2.75, 3.05) is 5.32 Å². The van der Waals surface area contributed by atoms with Crippen molar-refractivity contribution in [3.8, 4) is 11.5 Å². The van der Waals surface area contributed by atoms with Crippen molar-refractivity contribution in [3.05, 3.63) is 66.1 Å². The minimum absolute atomic E-state index is 0.00436. The van der Waals surface area contributed by atoms with E-state index in [1.54, 1.807) is 12.1 Å². The van der Waals surface area contributed by atoms with Crippen LogP contribution in [0.1, 0.15) is 23.0 Å². The van der Waals surface area contributed by atoms with Crippen LogP contribution in [-0.4, -0.2) is 22.1 Å². The summed E-state index contributed by atoms with van der Waals surface area (Å²) in [6.07, 6.45) is 1.47. The van der Waals surface area contributed by atoms with Gasteiger partial charge in [-0.25, -0.2) is 9.78 Å². The SMILES string of the molecule is CC1Sc2ccc(C(=O)OCc3coc(-c4ccccc4)n3)cc2NC1=O. The molecule has 27 heavy (non-hydrogen) atoms. The smallest absolute Gasteiger partial charge is 0.338 e. The highest BCUT2D eigenvalue weighted by Crippen LogP contribution is 2.36. The number of oxazole rings is 1. The van der Waals surface area contributed by atoms with Gasteiger partial charge >= 0.3 is 5.97 Å². The number of aromatic nitrogens is 1. The molecule has 0 spiro atoms. The van der Waals surface area contributed by atoms with Crippen molar-refractivity contribution in [1.29, 1.82) is 0 Å². The van der Waals surface area contributed by atoms with Crippen LogP contribution >= 0.6 is 11.8 Å². The fraction of sp³-hybridized carbons (Fsp3) is 0.150. The van der Waals surface area contributed by atoms with E-state index in [2.05, 4.69) is 10.3 Å².